The number of rotatable bonds is 9. The first kappa shape index (κ1) is 15.3. The van der Waals surface area contributed by atoms with E-state index in [1.165, 1.54) is 6.26 Å². The predicted molar refractivity (Wildman–Crippen MR) is 62.1 cm³/mol. The molecular weight excluding hydrogens is 232 g/mol. The Labute approximate surface area is 96.7 Å². The minimum Gasteiger partial charge on any atom is -0.385 e. The lowest BCUT2D eigenvalue weighted by atomic mass is 10.4. The van der Waals surface area contributed by atoms with Gasteiger partial charge >= 0.3 is 0 Å². The van der Waals surface area contributed by atoms with E-state index < -0.39 is 9.84 Å². The van der Waals surface area contributed by atoms with Crippen LogP contribution in [0.5, 0.6) is 0 Å². The Hall–Kier alpha value is -0.660. The SMILES string of the molecule is COCCCNC(=O)CNCCS(C)(=O)=O. The highest BCUT2D eigenvalue weighted by atomic mass is 32.2. The highest BCUT2D eigenvalue weighted by Crippen LogP contribution is 1.80. The van der Waals surface area contributed by atoms with E-state index in [9.17, 15) is 13.2 Å². The van der Waals surface area contributed by atoms with Crippen LogP contribution in [-0.4, -0.2) is 59.7 Å². The molecule has 2 N–H and O–H groups in total. The zero-order chi connectivity index (χ0) is 12.4. The number of amides is 1. The highest BCUT2D eigenvalue weighted by Gasteiger charge is 2.03. The van der Waals surface area contributed by atoms with E-state index in [0.717, 1.165) is 6.42 Å². The lowest BCUT2D eigenvalue weighted by Crippen LogP contribution is -2.36. The Bertz CT molecular complexity index is 290. The Kier molecular flexibility index (Phi) is 8.14. The van der Waals surface area contributed by atoms with E-state index in [1.54, 1.807) is 7.11 Å². The van der Waals surface area contributed by atoms with Crippen LogP contribution in [0.25, 0.3) is 0 Å². The molecule has 1 amide bonds. The van der Waals surface area contributed by atoms with Crippen LogP contribution in [0, 0.1) is 0 Å². The maximum Gasteiger partial charge on any atom is 0.233 e. The summed E-state index contributed by atoms with van der Waals surface area (Å²) in [4.78, 5) is 11.2. The molecular formula is C9H20N2O4S. The zero-order valence-electron chi connectivity index (χ0n) is 9.78. The molecule has 0 aliphatic carbocycles. The first-order chi connectivity index (χ1) is 7.45. The van der Waals surface area contributed by atoms with Crippen LogP contribution < -0.4 is 10.6 Å². The summed E-state index contributed by atoms with van der Waals surface area (Å²) in [5.74, 6) is -0.0890. The standard InChI is InChI=1S/C9H20N2O4S/c1-15-6-3-4-11-9(12)8-10-5-7-16(2,13)14/h10H,3-8H2,1-2H3,(H,11,12). The van der Waals surface area contributed by atoms with Gasteiger partial charge in [0.15, 0.2) is 0 Å². The molecule has 16 heavy (non-hydrogen) atoms. The lowest BCUT2D eigenvalue weighted by Gasteiger charge is -2.05. The summed E-state index contributed by atoms with van der Waals surface area (Å²) in [6.07, 6.45) is 1.94. The van der Waals surface area contributed by atoms with Gasteiger partial charge in [0.05, 0.1) is 12.3 Å². The van der Waals surface area contributed by atoms with E-state index >= 15 is 0 Å². The van der Waals surface area contributed by atoms with Gasteiger partial charge in [0, 0.05) is 33.1 Å². The second-order valence-electron chi connectivity index (χ2n) is 3.50. The van der Waals surface area contributed by atoms with E-state index in [1.807, 2.05) is 0 Å². The number of ether oxygens (including phenoxy) is 1. The number of carbonyl (C=O) groups excluding carboxylic acids is 1. The van der Waals surface area contributed by atoms with Crippen molar-refractivity contribution in [3.63, 3.8) is 0 Å². The molecule has 0 heterocycles. The molecule has 0 aromatic rings. The van der Waals surface area contributed by atoms with Gasteiger partial charge in [-0.15, -0.1) is 0 Å². The lowest BCUT2D eigenvalue weighted by molar-refractivity contribution is -0.120. The Morgan fingerprint density at radius 3 is 2.56 bits per heavy atom. The molecule has 7 heteroatoms. The molecule has 0 aromatic carbocycles. The van der Waals surface area contributed by atoms with E-state index in [4.69, 9.17) is 4.74 Å². The number of hydrogen-bond acceptors (Lipinski definition) is 5. The molecule has 0 unspecified atom stereocenters. The van der Waals surface area contributed by atoms with Crippen molar-refractivity contribution in [3.8, 4) is 0 Å². The Morgan fingerprint density at radius 2 is 2.00 bits per heavy atom. The first-order valence-electron chi connectivity index (χ1n) is 5.10. The smallest absolute Gasteiger partial charge is 0.233 e. The van der Waals surface area contributed by atoms with Gasteiger partial charge in [0.2, 0.25) is 5.91 Å². The molecule has 0 saturated carbocycles. The average Bonchev–Trinajstić information content (AvgIpc) is 2.18. The molecule has 0 aromatic heterocycles. The molecule has 0 spiro atoms. The molecule has 0 aliphatic heterocycles. The molecule has 0 saturated heterocycles. The molecule has 0 radical (unpaired) electrons. The quantitative estimate of drug-likeness (QED) is 0.502. The van der Waals surface area contributed by atoms with Crippen LogP contribution >= 0.6 is 0 Å². The van der Waals surface area contributed by atoms with Crippen molar-refractivity contribution in [2.45, 2.75) is 6.42 Å². The van der Waals surface area contributed by atoms with Gasteiger partial charge in [-0.25, -0.2) is 8.42 Å². The van der Waals surface area contributed by atoms with Gasteiger partial charge in [-0.2, -0.15) is 0 Å². The maximum atomic E-state index is 11.2. The molecule has 0 rings (SSSR count). The fourth-order valence-corrected chi connectivity index (χ4v) is 1.48. The third-order valence-electron chi connectivity index (χ3n) is 1.78. The van der Waals surface area contributed by atoms with Crippen molar-refractivity contribution in [1.29, 1.82) is 0 Å². The van der Waals surface area contributed by atoms with Crippen LogP contribution in [0.1, 0.15) is 6.42 Å². The normalized spacial score (nSPS) is 11.4. The van der Waals surface area contributed by atoms with Crippen LogP contribution in [0.4, 0.5) is 0 Å². The van der Waals surface area contributed by atoms with Crippen LogP contribution in [0.3, 0.4) is 0 Å². The Balaban J connectivity index is 3.37. The van der Waals surface area contributed by atoms with Crippen LogP contribution in [-0.2, 0) is 19.4 Å². The molecule has 0 aliphatic rings. The Morgan fingerprint density at radius 1 is 1.31 bits per heavy atom. The number of methoxy groups -OCH3 is 1. The van der Waals surface area contributed by atoms with Crippen molar-refractivity contribution in [2.75, 3.05) is 45.4 Å². The van der Waals surface area contributed by atoms with E-state index in [0.29, 0.717) is 19.7 Å². The van der Waals surface area contributed by atoms with Gasteiger partial charge in [-0.1, -0.05) is 0 Å². The van der Waals surface area contributed by atoms with Crippen molar-refractivity contribution >= 4 is 15.7 Å². The maximum absolute atomic E-state index is 11.2. The van der Waals surface area contributed by atoms with Crippen molar-refractivity contribution in [1.82, 2.24) is 10.6 Å². The topological polar surface area (TPSA) is 84.5 Å². The second-order valence-corrected chi connectivity index (χ2v) is 5.76. The first-order valence-corrected chi connectivity index (χ1v) is 7.16. The average molecular weight is 252 g/mol. The predicted octanol–water partition coefficient (Wildman–Crippen LogP) is -1.23. The van der Waals surface area contributed by atoms with Gasteiger partial charge in [-0.05, 0) is 6.42 Å². The van der Waals surface area contributed by atoms with Gasteiger partial charge in [0.25, 0.3) is 0 Å². The number of sulfone groups is 1. The molecule has 6 nitrogen and oxygen atoms in total. The third-order valence-corrected chi connectivity index (χ3v) is 2.73. The van der Waals surface area contributed by atoms with Gasteiger partial charge in [0.1, 0.15) is 9.84 Å². The second kappa shape index (κ2) is 8.49. The van der Waals surface area contributed by atoms with Crippen LogP contribution in [0.15, 0.2) is 0 Å². The zero-order valence-corrected chi connectivity index (χ0v) is 10.6. The number of hydrogen-bond donors (Lipinski definition) is 2. The molecule has 0 fully saturated rings. The van der Waals surface area contributed by atoms with Crippen molar-refractivity contribution in [2.24, 2.45) is 0 Å². The summed E-state index contributed by atoms with van der Waals surface area (Å²) in [5.41, 5.74) is 0. The largest absolute Gasteiger partial charge is 0.385 e. The third kappa shape index (κ3) is 11.4. The summed E-state index contributed by atoms with van der Waals surface area (Å²) in [5, 5.41) is 5.44. The number of carbonyl (C=O) groups is 1. The van der Waals surface area contributed by atoms with E-state index in [-0.39, 0.29) is 18.2 Å². The van der Waals surface area contributed by atoms with Crippen molar-refractivity contribution < 1.29 is 17.9 Å². The van der Waals surface area contributed by atoms with Gasteiger partial charge in [-0.3, -0.25) is 4.79 Å². The summed E-state index contributed by atoms with van der Waals surface area (Å²) < 4.78 is 26.4. The summed E-state index contributed by atoms with van der Waals surface area (Å²) >= 11 is 0. The summed E-state index contributed by atoms with van der Waals surface area (Å²) in [6, 6.07) is 0. The monoisotopic (exact) mass is 252 g/mol. The molecule has 96 valence electrons. The minimum absolute atomic E-state index is 0.0456. The number of nitrogens with one attached hydrogen (secondary N) is 2. The molecule has 0 bridgehead atoms. The highest BCUT2D eigenvalue weighted by molar-refractivity contribution is 7.90. The summed E-state index contributed by atoms with van der Waals surface area (Å²) in [7, 11) is -1.35. The van der Waals surface area contributed by atoms with Gasteiger partial charge < -0.3 is 15.4 Å². The van der Waals surface area contributed by atoms with Crippen molar-refractivity contribution in [3.05, 3.63) is 0 Å². The fraction of sp³-hybridized carbons (Fsp3) is 0.889. The molecule has 0 atom stereocenters. The minimum atomic E-state index is -2.96. The van der Waals surface area contributed by atoms with E-state index in [2.05, 4.69) is 10.6 Å². The fourth-order valence-electron chi connectivity index (χ4n) is 0.966. The van der Waals surface area contributed by atoms with Crippen LogP contribution in [0.2, 0.25) is 0 Å². The summed E-state index contributed by atoms with van der Waals surface area (Å²) in [6.45, 7) is 1.62.